The van der Waals surface area contributed by atoms with Crippen LogP contribution < -0.4 is 25.3 Å². The molecule has 2 amide bonds. The monoisotopic (exact) mass is 1380 g/mol. The molecule has 10 nitrogen and oxygen atoms in total. The predicted molar refractivity (Wildman–Crippen MR) is 438 cm³/mol. The fourth-order valence-electron chi connectivity index (χ4n) is 12.8. The van der Waals surface area contributed by atoms with E-state index in [-0.39, 0.29) is 11.3 Å². The van der Waals surface area contributed by atoms with Crippen molar-refractivity contribution in [2.24, 2.45) is 0 Å². The van der Waals surface area contributed by atoms with Gasteiger partial charge in [0.05, 0.1) is 6.57 Å². The van der Waals surface area contributed by atoms with Gasteiger partial charge in [0.1, 0.15) is 24.7 Å². The molecule has 10 rings (SSSR count). The number of hydrogen-bond donors (Lipinski definition) is 2. The summed E-state index contributed by atoms with van der Waals surface area (Å²) in [4.78, 5) is 37.3. The summed E-state index contributed by atoms with van der Waals surface area (Å²) >= 11 is 0. The van der Waals surface area contributed by atoms with Gasteiger partial charge in [-0.1, -0.05) is 278 Å². The van der Waals surface area contributed by atoms with Crippen molar-refractivity contribution in [2.45, 2.75) is 118 Å². The largest absolute Gasteiger partial charge is 0.372 e. The van der Waals surface area contributed by atoms with Crippen LogP contribution in [0.25, 0.3) is 28.1 Å². The Hall–Kier alpha value is -11.9. The Morgan fingerprint density at radius 3 is 1.28 bits per heavy atom. The molecule has 0 saturated heterocycles. The fourth-order valence-corrected chi connectivity index (χ4v) is 12.8. The number of nitrogens with zero attached hydrogens (tertiary/aromatic N) is 6. The number of nitrogens with one attached hydrogen (secondary N) is 2. The number of nitriles is 1. The molecular weight excluding hydrogens is 1290 g/mol. The van der Waals surface area contributed by atoms with E-state index in [1.54, 1.807) is 12.2 Å². The average Bonchev–Trinajstić information content (AvgIpc) is 0.825. The van der Waals surface area contributed by atoms with E-state index in [9.17, 15) is 14.9 Å². The molecule has 0 fully saturated rings. The van der Waals surface area contributed by atoms with Gasteiger partial charge in [-0.15, -0.1) is 0 Å². The second-order valence-corrected chi connectivity index (χ2v) is 26.7. The Kier molecular flexibility index (Phi) is 29.4. The fraction of sp³-hybridized carbons (Fsp3) is 0.232. The Morgan fingerprint density at radius 1 is 0.448 bits per heavy atom. The summed E-state index contributed by atoms with van der Waals surface area (Å²) in [6.45, 7) is 24.4. The number of benzene rings is 9. The van der Waals surface area contributed by atoms with Crippen LogP contribution in [-0.4, -0.2) is 48.3 Å². The zero-order valence-corrected chi connectivity index (χ0v) is 61.5. The van der Waals surface area contributed by atoms with Crippen LogP contribution in [0.2, 0.25) is 0 Å². The van der Waals surface area contributed by atoms with Crippen LogP contribution in [0.3, 0.4) is 0 Å². The Morgan fingerprint density at radius 2 is 0.838 bits per heavy atom. The van der Waals surface area contributed by atoms with Crippen molar-refractivity contribution in [3.05, 3.63) is 375 Å². The van der Waals surface area contributed by atoms with Crippen LogP contribution >= 0.6 is 0 Å². The van der Waals surface area contributed by atoms with Gasteiger partial charge in [0.25, 0.3) is 17.5 Å². The molecule has 0 aliphatic heterocycles. The highest BCUT2D eigenvalue weighted by molar-refractivity contribution is 6.04. The zero-order valence-electron chi connectivity index (χ0n) is 61.5. The molecule has 0 atom stereocenters. The number of carbonyl (C=O) groups excluding carboxylic acids is 2. The summed E-state index contributed by atoms with van der Waals surface area (Å²) in [7, 11) is 0. The Bertz CT molecular complexity index is 4560. The minimum Gasteiger partial charge on any atom is -0.372 e. The molecule has 0 radical (unpaired) electrons. The van der Waals surface area contributed by atoms with Crippen LogP contribution in [0.5, 0.6) is 0 Å². The lowest BCUT2D eigenvalue weighted by atomic mass is 9.93. The number of hydrogen-bond acceptors (Lipinski definition) is 6. The third kappa shape index (κ3) is 23.1. The third-order valence-electron chi connectivity index (χ3n) is 18.9. The topological polar surface area (TPSA) is 99.1 Å². The number of unbranched alkanes of at least 4 members (excludes halogenated alkanes) is 4. The molecule has 105 heavy (non-hydrogen) atoms. The standard InChI is InChI=1S/C95H98N8O2/c1-6-10-61-100(62-11-7-2)87-57-49-84(50-58-87)91(82-45-37-80(38-46-82)72-102(70-78-31-22-16-23-32-78)89-53-41-74(42-54-89)65-86(67-96)94(104)98-68-76-27-18-14-19-28-76)35-26-36-92(85-51-59-88(60-52-85)101(63-12-8-3)64-13-9-4)83-47-39-81(40-48-83)73-103(71-79-33-24-17-25-34-79)90-55-43-75(44-56-90)66-93(97-5)95(105)99-69-77-29-20-15-21-30-77/h14-60,65-66H,6-13,61-64,68-73H2,1-4H3,(H-,98,99,104,105)/p+1. The van der Waals surface area contributed by atoms with Crippen molar-refractivity contribution in [1.29, 1.82) is 5.26 Å². The predicted octanol–water partition coefficient (Wildman–Crippen LogP) is 20.9. The zero-order chi connectivity index (χ0) is 73.2. The van der Waals surface area contributed by atoms with Gasteiger partial charge in [0, 0.05) is 94.4 Å². The highest BCUT2D eigenvalue weighted by Gasteiger charge is 2.19. The van der Waals surface area contributed by atoms with Crippen molar-refractivity contribution in [2.75, 3.05) is 40.9 Å². The van der Waals surface area contributed by atoms with Gasteiger partial charge in [0.15, 0.2) is 5.71 Å². The lowest BCUT2D eigenvalue weighted by Crippen LogP contribution is -2.25. The molecule has 0 unspecified atom stereocenters. The van der Waals surface area contributed by atoms with E-state index in [1.807, 2.05) is 97.1 Å². The molecule has 10 heteroatoms. The molecule has 1 aliphatic carbocycles. The van der Waals surface area contributed by atoms with Crippen molar-refractivity contribution >= 4 is 57.9 Å². The molecule has 9 aromatic rings. The lowest BCUT2D eigenvalue weighted by molar-refractivity contribution is -0.527. The first-order valence-electron chi connectivity index (χ1n) is 37.4. The number of anilines is 3. The van der Waals surface area contributed by atoms with Crippen molar-refractivity contribution in [3.63, 3.8) is 0 Å². The molecule has 0 aromatic heterocycles. The normalized spacial score (nSPS) is 12.2. The SMILES string of the molecule is [C-]#[N+]C(=Cc1ccc(N(Cc2ccccc2)Cc2ccc(/C(=C/C=C/C(=C3C=CC(=[N+](CCCC)CCCC)C=C3)c3ccc(CN(Cc4ccccc4)c4ccc(C=C(C#N)C(=O)NCc5ccccc5)cc4)cc3)c3ccc(N(CCCC)CCCC)cc3)cc2)cc1)C(=O)NCc1ccccc1. The Labute approximate surface area is 624 Å². The Balaban J connectivity index is 0.970. The smallest absolute Gasteiger partial charge is 0.262 e. The van der Waals surface area contributed by atoms with Gasteiger partial charge in [-0.25, -0.2) is 9.42 Å². The van der Waals surface area contributed by atoms with Crippen molar-refractivity contribution in [1.82, 2.24) is 10.6 Å². The summed E-state index contributed by atoms with van der Waals surface area (Å²) in [6, 6.07) is 86.0. The summed E-state index contributed by atoms with van der Waals surface area (Å²) in [5.41, 5.74) is 19.5. The molecule has 0 heterocycles. The van der Waals surface area contributed by atoms with E-state index in [0.717, 1.165) is 156 Å². The second kappa shape index (κ2) is 40.7. The van der Waals surface area contributed by atoms with Crippen LogP contribution in [0.15, 0.2) is 302 Å². The average molecular weight is 1380 g/mol. The van der Waals surface area contributed by atoms with E-state index < -0.39 is 11.8 Å². The summed E-state index contributed by atoms with van der Waals surface area (Å²) in [5.74, 6) is -0.811. The lowest BCUT2D eigenvalue weighted by Gasteiger charge is -2.26. The van der Waals surface area contributed by atoms with Gasteiger partial charge >= 0.3 is 0 Å². The van der Waals surface area contributed by atoms with Crippen LogP contribution in [0.4, 0.5) is 17.1 Å². The maximum atomic E-state index is 13.2. The van der Waals surface area contributed by atoms with Gasteiger partial charge in [0.2, 0.25) is 0 Å². The molecule has 1 aliphatic rings. The molecule has 0 saturated carbocycles. The van der Waals surface area contributed by atoms with E-state index in [2.05, 4.69) is 257 Å². The van der Waals surface area contributed by atoms with Crippen LogP contribution in [-0.2, 0) is 48.9 Å². The maximum absolute atomic E-state index is 13.2. The highest BCUT2D eigenvalue weighted by Crippen LogP contribution is 2.32. The van der Waals surface area contributed by atoms with E-state index in [1.165, 1.54) is 22.5 Å². The number of rotatable bonds is 36. The van der Waals surface area contributed by atoms with Gasteiger partial charge in [-0.2, -0.15) is 5.26 Å². The van der Waals surface area contributed by atoms with Gasteiger partial charge in [-0.05, 0) is 151 Å². The van der Waals surface area contributed by atoms with Crippen molar-refractivity contribution < 1.29 is 14.2 Å². The molecule has 0 bridgehead atoms. The first kappa shape index (κ1) is 75.8. The maximum Gasteiger partial charge on any atom is 0.262 e. The number of allylic oxidation sites excluding steroid dienone is 9. The molecular formula is C95H99N8O2+. The highest BCUT2D eigenvalue weighted by atomic mass is 16.2. The minimum atomic E-state index is -0.409. The number of carbonyl (C=O) groups is 2. The quantitative estimate of drug-likeness (QED) is 0.0133. The van der Waals surface area contributed by atoms with E-state index in [4.69, 9.17) is 6.57 Å². The van der Waals surface area contributed by atoms with Crippen LogP contribution in [0, 0.1) is 17.9 Å². The molecule has 2 N–H and O–H groups in total. The van der Waals surface area contributed by atoms with Gasteiger partial charge < -0.3 is 25.3 Å². The first-order valence-corrected chi connectivity index (χ1v) is 37.4. The van der Waals surface area contributed by atoms with E-state index >= 15 is 0 Å². The van der Waals surface area contributed by atoms with Crippen molar-refractivity contribution in [3.8, 4) is 6.07 Å². The minimum absolute atomic E-state index is 0.0362. The van der Waals surface area contributed by atoms with E-state index in [0.29, 0.717) is 39.3 Å². The first-order chi connectivity index (χ1) is 51.6. The second-order valence-electron chi connectivity index (χ2n) is 26.7. The number of amides is 2. The summed E-state index contributed by atoms with van der Waals surface area (Å²) < 4.78 is 2.55. The van der Waals surface area contributed by atoms with Crippen LogP contribution in [0.1, 0.15) is 140 Å². The molecule has 0 spiro atoms. The third-order valence-corrected chi connectivity index (χ3v) is 18.9. The molecule has 9 aromatic carbocycles. The molecule has 530 valence electrons. The summed E-state index contributed by atoms with van der Waals surface area (Å²) in [5, 5.41) is 15.9. The summed E-state index contributed by atoms with van der Waals surface area (Å²) in [6.07, 6.45) is 28.5. The van der Waals surface area contributed by atoms with Gasteiger partial charge in [-0.3, -0.25) is 9.59 Å².